The Morgan fingerprint density at radius 3 is 2.50 bits per heavy atom. The molecule has 0 spiro atoms. The van der Waals surface area contributed by atoms with Gasteiger partial charge in [0.1, 0.15) is 5.82 Å². The van der Waals surface area contributed by atoms with Gasteiger partial charge in [-0.05, 0) is 19.8 Å². The normalized spacial score (nSPS) is 14.6. The van der Waals surface area contributed by atoms with Crippen LogP contribution in [0.15, 0.2) is 30.3 Å². The van der Waals surface area contributed by atoms with E-state index in [-0.39, 0.29) is 0 Å². The minimum absolute atomic E-state index is 0.587. The Kier molecular flexibility index (Phi) is 2.72. The van der Waals surface area contributed by atoms with Crippen LogP contribution < -0.4 is 11.3 Å². The largest absolute Gasteiger partial charge is 0.308 e. The third-order valence-corrected chi connectivity index (χ3v) is 3.20. The minimum Gasteiger partial charge on any atom is -0.308 e. The van der Waals surface area contributed by atoms with Crippen LogP contribution in [0.4, 0.5) is 5.82 Å². The number of hydrogen-bond acceptors (Lipinski definition) is 4. The number of nitrogens with zero attached hydrogens (tertiary/aromatic N) is 2. The molecule has 3 rings (SSSR count). The van der Waals surface area contributed by atoms with Crippen molar-refractivity contribution in [3.8, 4) is 11.4 Å². The van der Waals surface area contributed by atoms with E-state index in [1.807, 2.05) is 18.2 Å². The van der Waals surface area contributed by atoms with Crippen LogP contribution in [0, 0.1) is 6.92 Å². The van der Waals surface area contributed by atoms with Crippen molar-refractivity contribution in [1.82, 2.24) is 9.97 Å². The summed E-state index contributed by atoms with van der Waals surface area (Å²) in [5.41, 5.74) is 5.97. The summed E-state index contributed by atoms with van der Waals surface area (Å²) in [6.07, 6.45) is 2.43. The van der Waals surface area contributed by atoms with Crippen LogP contribution in [-0.2, 0) is 0 Å². The molecule has 2 aromatic rings. The monoisotopic (exact) mass is 240 g/mol. The first-order chi connectivity index (χ1) is 8.76. The molecule has 4 heteroatoms. The number of aryl methyl sites for hydroxylation is 1. The molecule has 18 heavy (non-hydrogen) atoms. The smallest absolute Gasteiger partial charge is 0.161 e. The first-order valence-corrected chi connectivity index (χ1v) is 6.19. The van der Waals surface area contributed by atoms with Crippen molar-refractivity contribution in [2.45, 2.75) is 25.7 Å². The standard InChI is InChI=1S/C14H16N4/c1-9-2-4-11(5-3-9)14-16-12(10-6-7-10)8-13(17-14)18-15/h2-5,8,10H,6-7,15H2,1H3,(H,16,17,18). The molecule has 1 saturated carbocycles. The summed E-state index contributed by atoms with van der Waals surface area (Å²) >= 11 is 0. The van der Waals surface area contributed by atoms with E-state index in [4.69, 9.17) is 5.84 Å². The lowest BCUT2D eigenvalue weighted by atomic mass is 10.1. The van der Waals surface area contributed by atoms with E-state index in [9.17, 15) is 0 Å². The zero-order valence-electron chi connectivity index (χ0n) is 10.4. The molecule has 1 aliphatic carbocycles. The van der Waals surface area contributed by atoms with Gasteiger partial charge < -0.3 is 5.43 Å². The second-order valence-corrected chi connectivity index (χ2v) is 4.79. The molecule has 0 unspecified atom stereocenters. The third-order valence-electron chi connectivity index (χ3n) is 3.20. The van der Waals surface area contributed by atoms with Crippen molar-refractivity contribution in [3.63, 3.8) is 0 Å². The fourth-order valence-electron chi connectivity index (χ4n) is 1.96. The SMILES string of the molecule is Cc1ccc(-c2nc(NN)cc(C3CC3)n2)cc1. The first kappa shape index (κ1) is 11.2. The van der Waals surface area contributed by atoms with Gasteiger partial charge >= 0.3 is 0 Å². The van der Waals surface area contributed by atoms with Crippen molar-refractivity contribution in [1.29, 1.82) is 0 Å². The molecule has 1 heterocycles. The highest BCUT2D eigenvalue weighted by molar-refractivity contribution is 5.58. The Hall–Kier alpha value is -1.94. The highest BCUT2D eigenvalue weighted by atomic mass is 15.3. The molecular weight excluding hydrogens is 224 g/mol. The number of aromatic nitrogens is 2. The molecule has 0 bridgehead atoms. The zero-order chi connectivity index (χ0) is 12.5. The lowest BCUT2D eigenvalue weighted by Crippen LogP contribution is -2.10. The third kappa shape index (κ3) is 2.19. The number of anilines is 1. The second-order valence-electron chi connectivity index (χ2n) is 4.79. The van der Waals surface area contributed by atoms with E-state index >= 15 is 0 Å². The average Bonchev–Trinajstić information content (AvgIpc) is 3.23. The van der Waals surface area contributed by atoms with Gasteiger partial charge in [-0.3, -0.25) is 0 Å². The molecule has 0 saturated heterocycles. The Balaban J connectivity index is 2.04. The number of nitrogens with one attached hydrogen (secondary N) is 1. The molecule has 1 aromatic carbocycles. The van der Waals surface area contributed by atoms with Crippen LogP contribution in [0.1, 0.15) is 30.0 Å². The summed E-state index contributed by atoms with van der Waals surface area (Å²) in [5.74, 6) is 7.48. The molecule has 0 atom stereocenters. The molecule has 0 amide bonds. The van der Waals surface area contributed by atoms with Crippen LogP contribution in [0.5, 0.6) is 0 Å². The highest BCUT2D eigenvalue weighted by Gasteiger charge is 2.26. The lowest BCUT2D eigenvalue weighted by molar-refractivity contribution is 0.991. The minimum atomic E-state index is 0.587. The summed E-state index contributed by atoms with van der Waals surface area (Å²) < 4.78 is 0. The van der Waals surface area contributed by atoms with Gasteiger partial charge in [0, 0.05) is 23.2 Å². The van der Waals surface area contributed by atoms with E-state index in [0.717, 1.165) is 17.1 Å². The summed E-state index contributed by atoms with van der Waals surface area (Å²) in [6, 6.07) is 10.2. The first-order valence-electron chi connectivity index (χ1n) is 6.19. The predicted octanol–water partition coefficient (Wildman–Crippen LogP) is 2.62. The highest BCUT2D eigenvalue weighted by Crippen LogP contribution is 2.40. The maximum Gasteiger partial charge on any atom is 0.161 e. The van der Waals surface area contributed by atoms with E-state index in [2.05, 4.69) is 34.5 Å². The number of hydrazine groups is 1. The van der Waals surface area contributed by atoms with Gasteiger partial charge in [-0.15, -0.1) is 0 Å². The van der Waals surface area contributed by atoms with Crippen molar-refractivity contribution < 1.29 is 0 Å². The zero-order valence-corrected chi connectivity index (χ0v) is 10.4. The summed E-state index contributed by atoms with van der Waals surface area (Å²) in [5, 5.41) is 0. The average molecular weight is 240 g/mol. The van der Waals surface area contributed by atoms with Gasteiger partial charge in [0.05, 0.1) is 0 Å². The Morgan fingerprint density at radius 2 is 1.89 bits per heavy atom. The Morgan fingerprint density at radius 1 is 1.17 bits per heavy atom. The van der Waals surface area contributed by atoms with E-state index in [1.165, 1.54) is 18.4 Å². The van der Waals surface area contributed by atoms with Crippen LogP contribution in [0.2, 0.25) is 0 Å². The van der Waals surface area contributed by atoms with Gasteiger partial charge in [-0.2, -0.15) is 0 Å². The van der Waals surface area contributed by atoms with Crippen LogP contribution >= 0.6 is 0 Å². The van der Waals surface area contributed by atoms with E-state index < -0.39 is 0 Å². The Labute approximate surface area is 106 Å². The number of rotatable bonds is 3. The van der Waals surface area contributed by atoms with Crippen LogP contribution in [-0.4, -0.2) is 9.97 Å². The number of nitrogen functional groups attached to an aromatic ring is 1. The number of nitrogens with two attached hydrogens (primary N) is 1. The molecule has 0 aliphatic heterocycles. The predicted molar refractivity (Wildman–Crippen MR) is 72.0 cm³/mol. The fraction of sp³-hybridized carbons (Fsp3) is 0.286. The Bertz CT molecular complexity index is 559. The van der Waals surface area contributed by atoms with Gasteiger partial charge in [-0.25, -0.2) is 15.8 Å². The number of benzene rings is 1. The lowest BCUT2D eigenvalue weighted by Gasteiger charge is -2.07. The summed E-state index contributed by atoms with van der Waals surface area (Å²) in [4.78, 5) is 9.05. The second kappa shape index (κ2) is 4.38. The summed E-state index contributed by atoms with van der Waals surface area (Å²) in [7, 11) is 0. The molecule has 1 aliphatic rings. The van der Waals surface area contributed by atoms with Crippen LogP contribution in [0.25, 0.3) is 11.4 Å². The van der Waals surface area contributed by atoms with E-state index in [1.54, 1.807) is 0 Å². The molecule has 1 aromatic heterocycles. The molecule has 0 radical (unpaired) electrons. The van der Waals surface area contributed by atoms with Gasteiger partial charge in [0.15, 0.2) is 5.82 Å². The van der Waals surface area contributed by atoms with Crippen molar-refractivity contribution in [2.75, 3.05) is 5.43 Å². The maximum absolute atomic E-state index is 5.47. The molecular formula is C14H16N4. The van der Waals surface area contributed by atoms with E-state index in [0.29, 0.717) is 11.7 Å². The maximum atomic E-state index is 5.47. The fourth-order valence-corrected chi connectivity index (χ4v) is 1.96. The van der Waals surface area contributed by atoms with Crippen molar-refractivity contribution in [3.05, 3.63) is 41.6 Å². The topological polar surface area (TPSA) is 63.8 Å². The van der Waals surface area contributed by atoms with Crippen molar-refractivity contribution >= 4 is 5.82 Å². The molecule has 1 fully saturated rings. The van der Waals surface area contributed by atoms with Gasteiger partial charge in [0.25, 0.3) is 0 Å². The molecule has 3 N–H and O–H groups in total. The summed E-state index contributed by atoms with van der Waals surface area (Å²) in [6.45, 7) is 2.07. The van der Waals surface area contributed by atoms with Gasteiger partial charge in [-0.1, -0.05) is 29.8 Å². The van der Waals surface area contributed by atoms with Gasteiger partial charge in [0.2, 0.25) is 0 Å². The van der Waals surface area contributed by atoms with Crippen LogP contribution in [0.3, 0.4) is 0 Å². The number of hydrogen-bond donors (Lipinski definition) is 2. The van der Waals surface area contributed by atoms with Crippen molar-refractivity contribution in [2.24, 2.45) is 5.84 Å². The molecule has 4 nitrogen and oxygen atoms in total. The quantitative estimate of drug-likeness (QED) is 0.639. The molecule has 92 valence electrons.